The molecule has 0 unspecified atom stereocenters. The van der Waals surface area contributed by atoms with Crippen LogP contribution in [0.3, 0.4) is 0 Å². The molecule has 3 aromatic heterocycles. The van der Waals surface area contributed by atoms with Crippen molar-refractivity contribution in [3.63, 3.8) is 0 Å². The van der Waals surface area contributed by atoms with Crippen LogP contribution >= 0.6 is 11.3 Å². The summed E-state index contributed by atoms with van der Waals surface area (Å²) in [6, 6.07) is 3.89. The van der Waals surface area contributed by atoms with Crippen molar-refractivity contribution >= 4 is 28.9 Å². The SMILES string of the molecule is Cc1cc(Nc2cnccn2)nc(-c2cnc([C@]3(O)CC[C@@H](C(=O)O)C(C)(C)C3)s2)c1. The summed E-state index contributed by atoms with van der Waals surface area (Å²) in [6.45, 7) is 5.78. The molecule has 9 heteroatoms. The molecular weight excluding hydrogens is 414 g/mol. The topological polar surface area (TPSA) is 121 Å². The van der Waals surface area contributed by atoms with Gasteiger partial charge in [0, 0.05) is 18.6 Å². The Morgan fingerprint density at radius 3 is 2.68 bits per heavy atom. The summed E-state index contributed by atoms with van der Waals surface area (Å²) in [4.78, 5) is 29.9. The van der Waals surface area contributed by atoms with Crippen LogP contribution in [0, 0.1) is 18.3 Å². The van der Waals surface area contributed by atoms with E-state index in [2.05, 4.69) is 25.3 Å². The lowest BCUT2D eigenvalue weighted by molar-refractivity contribution is -0.154. The van der Waals surface area contributed by atoms with Gasteiger partial charge in [0.2, 0.25) is 0 Å². The fourth-order valence-corrected chi connectivity index (χ4v) is 5.33. The smallest absolute Gasteiger partial charge is 0.307 e. The Bertz CT molecular complexity index is 1100. The van der Waals surface area contributed by atoms with E-state index in [-0.39, 0.29) is 0 Å². The number of aryl methyl sites for hydroxylation is 1. The van der Waals surface area contributed by atoms with Gasteiger partial charge in [0.1, 0.15) is 22.2 Å². The van der Waals surface area contributed by atoms with Crippen LogP contribution in [-0.4, -0.2) is 36.1 Å². The third-order valence-electron chi connectivity index (χ3n) is 5.78. The van der Waals surface area contributed by atoms with Gasteiger partial charge in [0.05, 0.1) is 22.7 Å². The number of aliphatic hydroxyl groups is 1. The lowest BCUT2D eigenvalue weighted by Gasteiger charge is -2.44. The van der Waals surface area contributed by atoms with Gasteiger partial charge in [0.25, 0.3) is 0 Å². The Hall–Kier alpha value is -2.91. The second-order valence-electron chi connectivity index (χ2n) is 8.79. The maximum Gasteiger partial charge on any atom is 0.307 e. The van der Waals surface area contributed by atoms with Gasteiger partial charge in [-0.1, -0.05) is 13.8 Å². The Morgan fingerprint density at radius 2 is 2.00 bits per heavy atom. The second kappa shape index (κ2) is 7.97. The van der Waals surface area contributed by atoms with Gasteiger partial charge in [-0.15, -0.1) is 11.3 Å². The summed E-state index contributed by atoms with van der Waals surface area (Å²) in [5, 5.41) is 24.6. The fourth-order valence-electron chi connectivity index (χ4n) is 4.34. The summed E-state index contributed by atoms with van der Waals surface area (Å²) in [7, 11) is 0. The van der Waals surface area contributed by atoms with Gasteiger partial charge in [-0.05, 0) is 49.3 Å². The van der Waals surface area contributed by atoms with Crippen LogP contribution in [0.2, 0.25) is 0 Å². The highest BCUT2D eigenvalue weighted by Crippen LogP contribution is 2.50. The number of carbonyl (C=O) groups is 1. The molecule has 3 N–H and O–H groups in total. The molecule has 0 spiro atoms. The highest BCUT2D eigenvalue weighted by atomic mass is 32.1. The Balaban J connectivity index is 1.60. The largest absolute Gasteiger partial charge is 0.481 e. The molecule has 3 aromatic rings. The van der Waals surface area contributed by atoms with Crippen molar-refractivity contribution in [2.24, 2.45) is 11.3 Å². The zero-order valence-corrected chi connectivity index (χ0v) is 18.5. The molecule has 2 atom stereocenters. The first-order chi connectivity index (χ1) is 14.7. The Labute approximate surface area is 184 Å². The number of carboxylic acid groups (broad SMARTS) is 1. The van der Waals surface area contributed by atoms with E-state index < -0.39 is 22.9 Å². The number of rotatable bonds is 5. The highest BCUT2D eigenvalue weighted by molar-refractivity contribution is 7.15. The second-order valence-corrected chi connectivity index (χ2v) is 9.82. The molecule has 1 saturated carbocycles. The molecule has 0 saturated heterocycles. The maximum absolute atomic E-state index is 11.6. The minimum absolute atomic E-state index is 0.352. The van der Waals surface area contributed by atoms with E-state index in [1.54, 1.807) is 24.8 Å². The quantitative estimate of drug-likeness (QED) is 0.542. The highest BCUT2D eigenvalue weighted by Gasteiger charge is 2.49. The van der Waals surface area contributed by atoms with Crippen LogP contribution < -0.4 is 5.32 Å². The first-order valence-corrected chi connectivity index (χ1v) is 10.9. The number of anilines is 2. The summed E-state index contributed by atoms with van der Waals surface area (Å²) in [6.07, 6.45) is 7.71. The van der Waals surface area contributed by atoms with Crippen molar-refractivity contribution in [3.05, 3.63) is 47.5 Å². The number of pyridine rings is 1. The third kappa shape index (κ3) is 4.42. The summed E-state index contributed by atoms with van der Waals surface area (Å²) < 4.78 is 0. The average molecular weight is 440 g/mol. The zero-order chi connectivity index (χ0) is 22.2. The molecule has 1 aliphatic rings. The minimum atomic E-state index is -1.14. The van der Waals surface area contributed by atoms with Crippen LogP contribution in [-0.2, 0) is 10.4 Å². The van der Waals surface area contributed by atoms with Crippen molar-refractivity contribution < 1.29 is 15.0 Å². The molecule has 0 bridgehead atoms. The number of hydrogen-bond acceptors (Lipinski definition) is 8. The van der Waals surface area contributed by atoms with E-state index in [0.717, 1.165) is 16.1 Å². The summed E-state index contributed by atoms with van der Waals surface area (Å²) >= 11 is 1.40. The van der Waals surface area contributed by atoms with Crippen LogP contribution in [0.5, 0.6) is 0 Å². The molecule has 31 heavy (non-hydrogen) atoms. The number of nitrogens with zero attached hydrogens (tertiary/aromatic N) is 4. The molecule has 0 radical (unpaired) electrons. The number of aromatic nitrogens is 4. The monoisotopic (exact) mass is 439 g/mol. The molecule has 4 rings (SSSR count). The predicted octanol–water partition coefficient (Wildman–Crippen LogP) is 4.15. The first kappa shape index (κ1) is 21.3. The average Bonchev–Trinajstić information content (AvgIpc) is 3.18. The van der Waals surface area contributed by atoms with Crippen molar-refractivity contribution in [3.8, 4) is 10.6 Å². The van der Waals surface area contributed by atoms with Crippen molar-refractivity contribution in [2.75, 3.05) is 5.32 Å². The van der Waals surface area contributed by atoms with Gasteiger partial charge in [-0.25, -0.2) is 15.0 Å². The summed E-state index contributed by atoms with van der Waals surface area (Å²) in [5.74, 6) is -0.0325. The van der Waals surface area contributed by atoms with Crippen molar-refractivity contribution in [1.82, 2.24) is 19.9 Å². The Kier molecular flexibility index (Phi) is 5.49. The van der Waals surface area contributed by atoms with E-state index >= 15 is 0 Å². The Morgan fingerprint density at radius 1 is 1.19 bits per heavy atom. The lowest BCUT2D eigenvalue weighted by Crippen LogP contribution is -2.44. The normalized spacial score (nSPS) is 22.8. The lowest BCUT2D eigenvalue weighted by atomic mass is 9.63. The predicted molar refractivity (Wildman–Crippen MR) is 118 cm³/mol. The number of thiazole rings is 1. The van der Waals surface area contributed by atoms with Gasteiger partial charge < -0.3 is 15.5 Å². The molecule has 3 heterocycles. The van der Waals surface area contributed by atoms with Crippen LogP contribution in [0.1, 0.15) is 43.7 Å². The van der Waals surface area contributed by atoms with E-state index in [1.807, 2.05) is 32.9 Å². The standard InChI is InChI=1S/C22H25N5O3S/c1-13-8-15(26-17(9-13)27-18-11-23-6-7-24-18)16-10-25-20(31-16)22(30)5-4-14(19(28)29)21(2,3)12-22/h6-11,14,30H,4-5,12H2,1-3H3,(H,28,29)(H,24,26,27)/t14-,22-/m0/s1. The van der Waals surface area contributed by atoms with E-state index in [1.165, 1.54) is 11.3 Å². The van der Waals surface area contributed by atoms with Crippen LogP contribution in [0.4, 0.5) is 11.6 Å². The van der Waals surface area contributed by atoms with Gasteiger partial charge >= 0.3 is 5.97 Å². The van der Waals surface area contributed by atoms with Gasteiger partial charge in [0.15, 0.2) is 0 Å². The first-order valence-electron chi connectivity index (χ1n) is 10.1. The van der Waals surface area contributed by atoms with Gasteiger partial charge in [-0.2, -0.15) is 0 Å². The van der Waals surface area contributed by atoms with Crippen molar-refractivity contribution in [2.45, 2.75) is 45.6 Å². The number of carboxylic acids is 1. The molecule has 0 aromatic carbocycles. The number of nitrogens with one attached hydrogen (secondary N) is 1. The van der Waals surface area contributed by atoms with E-state index in [0.29, 0.717) is 35.9 Å². The molecule has 0 aliphatic heterocycles. The number of hydrogen-bond donors (Lipinski definition) is 3. The van der Waals surface area contributed by atoms with Gasteiger partial charge in [-0.3, -0.25) is 9.78 Å². The van der Waals surface area contributed by atoms with Crippen molar-refractivity contribution in [1.29, 1.82) is 0 Å². The number of aliphatic carboxylic acids is 1. The van der Waals surface area contributed by atoms with E-state index in [4.69, 9.17) is 0 Å². The molecular formula is C22H25N5O3S. The summed E-state index contributed by atoms with van der Waals surface area (Å²) in [5.41, 5.74) is 0.105. The third-order valence-corrected chi connectivity index (χ3v) is 6.99. The maximum atomic E-state index is 11.6. The van der Waals surface area contributed by atoms with E-state index in [9.17, 15) is 15.0 Å². The zero-order valence-electron chi connectivity index (χ0n) is 17.7. The molecule has 1 fully saturated rings. The molecule has 8 nitrogen and oxygen atoms in total. The molecule has 0 amide bonds. The minimum Gasteiger partial charge on any atom is -0.481 e. The molecule has 162 valence electrons. The van der Waals surface area contributed by atoms with Crippen LogP contribution in [0.25, 0.3) is 10.6 Å². The fraction of sp³-hybridized carbons (Fsp3) is 0.409. The molecule has 1 aliphatic carbocycles. The van der Waals surface area contributed by atoms with Crippen LogP contribution in [0.15, 0.2) is 36.9 Å².